The van der Waals surface area contributed by atoms with E-state index in [4.69, 9.17) is 0 Å². The zero-order valence-electron chi connectivity index (χ0n) is 7.77. The molecule has 0 spiro atoms. The van der Waals surface area contributed by atoms with Gasteiger partial charge in [-0.05, 0) is 19.8 Å². The predicted molar refractivity (Wildman–Crippen MR) is 47.3 cm³/mol. The van der Waals surface area contributed by atoms with Crippen LogP contribution in [0.1, 0.15) is 27.7 Å². The van der Waals surface area contributed by atoms with E-state index in [1.165, 1.54) is 0 Å². The standard InChI is InChI=1S/C9H17NO/c1-5-9(7(2)3)10-6-8(4)11/h5,7,10H,6H2,1-4H3/b9-5+. The normalized spacial score (nSPS) is 11.9. The Morgan fingerprint density at radius 2 is 2.09 bits per heavy atom. The third-order valence-corrected chi connectivity index (χ3v) is 1.47. The first-order valence-electron chi connectivity index (χ1n) is 3.97. The van der Waals surface area contributed by atoms with E-state index in [1.54, 1.807) is 6.92 Å². The smallest absolute Gasteiger partial charge is 0.148 e. The molecule has 0 heterocycles. The van der Waals surface area contributed by atoms with Crippen molar-refractivity contribution in [1.29, 1.82) is 0 Å². The van der Waals surface area contributed by atoms with Gasteiger partial charge in [0.25, 0.3) is 0 Å². The van der Waals surface area contributed by atoms with Crippen LogP contribution in [0.25, 0.3) is 0 Å². The Balaban J connectivity index is 3.81. The second-order valence-corrected chi connectivity index (χ2v) is 2.95. The van der Waals surface area contributed by atoms with Crippen LogP contribution >= 0.6 is 0 Å². The van der Waals surface area contributed by atoms with Gasteiger partial charge in [0.2, 0.25) is 0 Å². The Kier molecular flexibility index (Phi) is 4.59. The molecule has 0 saturated heterocycles. The van der Waals surface area contributed by atoms with E-state index >= 15 is 0 Å². The maximum atomic E-state index is 10.6. The molecular formula is C9H17NO. The molecule has 0 radical (unpaired) electrons. The van der Waals surface area contributed by atoms with E-state index in [0.29, 0.717) is 12.5 Å². The summed E-state index contributed by atoms with van der Waals surface area (Å²) < 4.78 is 0. The molecule has 0 atom stereocenters. The molecule has 11 heavy (non-hydrogen) atoms. The van der Waals surface area contributed by atoms with E-state index in [-0.39, 0.29) is 5.78 Å². The average Bonchev–Trinajstić information content (AvgIpc) is 1.87. The van der Waals surface area contributed by atoms with Crippen LogP contribution in [0.4, 0.5) is 0 Å². The third-order valence-electron chi connectivity index (χ3n) is 1.47. The lowest BCUT2D eigenvalue weighted by Gasteiger charge is -2.11. The van der Waals surface area contributed by atoms with E-state index in [0.717, 1.165) is 5.70 Å². The first-order chi connectivity index (χ1) is 5.07. The van der Waals surface area contributed by atoms with Gasteiger partial charge < -0.3 is 5.32 Å². The molecule has 0 aromatic rings. The van der Waals surface area contributed by atoms with Gasteiger partial charge in [-0.3, -0.25) is 4.79 Å². The molecule has 0 aliphatic heterocycles. The summed E-state index contributed by atoms with van der Waals surface area (Å²) in [5.41, 5.74) is 1.14. The molecule has 0 aliphatic rings. The Morgan fingerprint density at radius 1 is 1.55 bits per heavy atom. The molecule has 0 saturated carbocycles. The van der Waals surface area contributed by atoms with Gasteiger partial charge in [0.15, 0.2) is 0 Å². The summed E-state index contributed by atoms with van der Waals surface area (Å²) in [4.78, 5) is 10.6. The van der Waals surface area contributed by atoms with Crippen molar-refractivity contribution in [1.82, 2.24) is 5.32 Å². The topological polar surface area (TPSA) is 29.1 Å². The van der Waals surface area contributed by atoms with Crippen molar-refractivity contribution in [3.63, 3.8) is 0 Å². The largest absolute Gasteiger partial charge is 0.381 e. The van der Waals surface area contributed by atoms with Gasteiger partial charge in [0.1, 0.15) is 5.78 Å². The minimum absolute atomic E-state index is 0.171. The maximum absolute atomic E-state index is 10.6. The van der Waals surface area contributed by atoms with Gasteiger partial charge in [0.05, 0.1) is 6.54 Å². The van der Waals surface area contributed by atoms with Gasteiger partial charge in [-0.1, -0.05) is 19.9 Å². The Labute approximate surface area is 68.7 Å². The summed E-state index contributed by atoms with van der Waals surface area (Å²) in [5.74, 6) is 0.643. The Bertz CT molecular complexity index is 159. The average molecular weight is 155 g/mol. The fourth-order valence-electron chi connectivity index (χ4n) is 0.866. The molecule has 0 aromatic heterocycles. The number of ketones is 1. The van der Waals surface area contributed by atoms with Gasteiger partial charge in [-0.15, -0.1) is 0 Å². The molecule has 0 fully saturated rings. The molecule has 2 nitrogen and oxygen atoms in total. The molecule has 64 valence electrons. The van der Waals surface area contributed by atoms with Crippen LogP contribution in [0.5, 0.6) is 0 Å². The van der Waals surface area contributed by atoms with E-state index in [1.807, 2.05) is 13.0 Å². The highest BCUT2D eigenvalue weighted by atomic mass is 16.1. The van der Waals surface area contributed by atoms with Gasteiger partial charge in [-0.25, -0.2) is 0 Å². The van der Waals surface area contributed by atoms with Crippen LogP contribution in [-0.2, 0) is 4.79 Å². The highest BCUT2D eigenvalue weighted by molar-refractivity contribution is 5.77. The molecule has 0 amide bonds. The minimum Gasteiger partial charge on any atom is -0.381 e. The van der Waals surface area contributed by atoms with Crippen LogP contribution in [0.3, 0.4) is 0 Å². The molecule has 2 heteroatoms. The zero-order valence-corrected chi connectivity index (χ0v) is 7.77. The summed E-state index contributed by atoms with van der Waals surface area (Å²) in [6, 6.07) is 0. The molecule has 0 bridgehead atoms. The van der Waals surface area contributed by atoms with Crippen molar-refractivity contribution in [2.24, 2.45) is 5.92 Å². The van der Waals surface area contributed by atoms with Crippen LogP contribution < -0.4 is 5.32 Å². The zero-order chi connectivity index (χ0) is 8.85. The van der Waals surface area contributed by atoms with Crippen molar-refractivity contribution in [3.8, 4) is 0 Å². The van der Waals surface area contributed by atoms with E-state index in [2.05, 4.69) is 19.2 Å². The lowest BCUT2D eigenvalue weighted by atomic mass is 10.1. The van der Waals surface area contributed by atoms with Crippen molar-refractivity contribution in [2.45, 2.75) is 27.7 Å². The van der Waals surface area contributed by atoms with Crippen molar-refractivity contribution in [3.05, 3.63) is 11.8 Å². The SMILES string of the molecule is C/C=C(/NCC(C)=O)C(C)C. The number of hydrogen-bond acceptors (Lipinski definition) is 2. The lowest BCUT2D eigenvalue weighted by Crippen LogP contribution is -2.23. The molecule has 0 rings (SSSR count). The lowest BCUT2D eigenvalue weighted by molar-refractivity contribution is -0.116. The minimum atomic E-state index is 0.171. The fourth-order valence-corrected chi connectivity index (χ4v) is 0.866. The molecule has 0 aliphatic carbocycles. The highest BCUT2D eigenvalue weighted by Gasteiger charge is 2.00. The number of carbonyl (C=O) groups is 1. The third kappa shape index (κ3) is 4.59. The van der Waals surface area contributed by atoms with Crippen molar-refractivity contribution < 1.29 is 4.79 Å². The maximum Gasteiger partial charge on any atom is 0.148 e. The Hall–Kier alpha value is -0.790. The quantitative estimate of drug-likeness (QED) is 0.669. The summed E-state index contributed by atoms with van der Waals surface area (Å²) >= 11 is 0. The number of Topliss-reactive ketones (excluding diaryl/α,β-unsaturated/α-hetero) is 1. The highest BCUT2D eigenvalue weighted by Crippen LogP contribution is 2.04. The summed E-state index contributed by atoms with van der Waals surface area (Å²) in [7, 11) is 0. The van der Waals surface area contributed by atoms with Crippen LogP contribution in [-0.4, -0.2) is 12.3 Å². The number of carbonyl (C=O) groups excluding carboxylic acids is 1. The fraction of sp³-hybridized carbons (Fsp3) is 0.667. The first-order valence-corrected chi connectivity index (χ1v) is 3.97. The molecule has 0 unspecified atom stereocenters. The van der Waals surface area contributed by atoms with Gasteiger partial charge >= 0.3 is 0 Å². The number of nitrogens with one attached hydrogen (secondary N) is 1. The van der Waals surface area contributed by atoms with E-state index in [9.17, 15) is 4.79 Å². The molecule has 1 N–H and O–H groups in total. The monoisotopic (exact) mass is 155 g/mol. The Morgan fingerprint density at radius 3 is 2.36 bits per heavy atom. The van der Waals surface area contributed by atoms with Gasteiger partial charge in [-0.2, -0.15) is 0 Å². The molecule has 0 aromatic carbocycles. The molecular weight excluding hydrogens is 138 g/mol. The number of rotatable bonds is 4. The van der Waals surface area contributed by atoms with E-state index < -0.39 is 0 Å². The number of allylic oxidation sites excluding steroid dienone is 2. The van der Waals surface area contributed by atoms with Gasteiger partial charge in [0, 0.05) is 5.70 Å². The summed E-state index contributed by atoms with van der Waals surface area (Å²) in [6.45, 7) is 8.20. The van der Waals surface area contributed by atoms with Crippen molar-refractivity contribution >= 4 is 5.78 Å². The second-order valence-electron chi connectivity index (χ2n) is 2.95. The van der Waals surface area contributed by atoms with Crippen LogP contribution in [0, 0.1) is 5.92 Å². The summed E-state index contributed by atoms with van der Waals surface area (Å²) in [5, 5.41) is 3.08. The number of hydrogen-bond donors (Lipinski definition) is 1. The van der Waals surface area contributed by atoms with Crippen LogP contribution in [0.2, 0.25) is 0 Å². The predicted octanol–water partition coefficient (Wildman–Crippen LogP) is 1.72. The first kappa shape index (κ1) is 10.2. The van der Waals surface area contributed by atoms with Crippen molar-refractivity contribution in [2.75, 3.05) is 6.54 Å². The van der Waals surface area contributed by atoms with Crippen LogP contribution in [0.15, 0.2) is 11.8 Å². The second kappa shape index (κ2) is 4.94. The summed E-state index contributed by atoms with van der Waals surface area (Å²) in [6.07, 6.45) is 2.01.